The van der Waals surface area contributed by atoms with E-state index in [1.165, 1.54) is 51.4 Å². The summed E-state index contributed by atoms with van der Waals surface area (Å²) in [4.78, 5) is 10.3. The van der Waals surface area contributed by atoms with Gasteiger partial charge in [-0.25, -0.2) is 0 Å². The maximum Gasteiger partial charge on any atom is 0.384 e. The van der Waals surface area contributed by atoms with Gasteiger partial charge in [-0.1, -0.05) is 50.5 Å². The third-order valence-electron chi connectivity index (χ3n) is 6.67. The Morgan fingerprint density at radius 1 is 0.811 bits per heavy atom. The highest BCUT2D eigenvalue weighted by Gasteiger charge is 2.41. The molecule has 0 aliphatic heterocycles. The molecule has 0 heterocycles. The van der Waals surface area contributed by atoms with Crippen LogP contribution in [0.1, 0.15) is 97.3 Å². The van der Waals surface area contributed by atoms with E-state index in [0.717, 1.165) is 25.7 Å². The monoisotopic (exact) mass is 550 g/mol. The van der Waals surface area contributed by atoms with Gasteiger partial charge in [0.1, 0.15) is 6.10 Å². The molecule has 0 aromatic heterocycles. The number of aliphatic hydroxyl groups is 3. The molecule has 0 saturated carbocycles. The molecule has 0 fully saturated rings. The molecule has 0 amide bonds. The van der Waals surface area contributed by atoms with E-state index in [4.69, 9.17) is 19.5 Å². The first-order valence-corrected chi connectivity index (χ1v) is 15.9. The SMILES string of the molecule is CCCCCC/C=C\CCCC/C=C\CCCCOC[C@@H](O)COP(=O)(O)C(C)[N+](C)(C)CCC(O)O. The molecule has 0 aliphatic rings. The molecule has 8 nitrogen and oxygen atoms in total. The maximum atomic E-state index is 12.6. The van der Waals surface area contributed by atoms with Crippen molar-refractivity contribution in [1.82, 2.24) is 0 Å². The summed E-state index contributed by atoms with van der Waals surface area (Å²) in [5, 5.41) is 28.1. The number of aliphatic hydroxyl groups excluding tert-OH is 2. The maximum absolute atomic E-state index is 12.6. The first-order valence-electron chi connectivity index (χ1n) is 14.2. The summed E-state index contributed by atoms with van der Waals surface area (Å²) in [5.74, 6) is -0.783. The molecule has 2 unspecified atom stereocenters. The van der Waals surface area contributed by atoms with Gasteiger partial charge in [0.25, 0.3) is 0 Å². The van der Waals surface area contributed by atoms with Crippen LogP contribution in [0, 0.1) is 0 Å². The van der Waals surface area contributed by atoms with Crippen molar-refractivity contribution in [2.24, 2.45) is 0 Å². The standard InChI is InChI=1S/C28H56NO7P/c1-5-6-7-8-9-10-11-12-13-14-15-16-17-18-19-20-23-35-24-27(30)25-36-37(33,34)26(2)29(3,4)22-21-28(31)32/h10-11,16-17,26-28,30-32H,5-9,12-15,18-25H2,1-4H3/p+1/b11-10-,17-16-/t26?,27-/m1/s1. The zero-order chi connectivity index (χ0) is 28.0. The molecule has 0 aromatic rings. The van der Waals surface area contributed by atoms with Crippen molar-refractivity contribution in [3.8, 4) is 0 Å². The summed E-state index contributed by atoms with van der Waals surface area (Å²) in [5.41, 5.74) is 0. The van der Waals surface area contributed by atoms with E-state index < -0.39 is 25.8 Å². The summed E-state index contributed by atoms with van der Waals surface area (Å²) in [6.07, 6.45) is 21.0. The predicted molar refractivity (Wildman–Crippen MR) is 151 cm³/mol. The number of quaternary nitrogens is 1. The molecule has 0 saturated heterocycles. The third kappa shape index (κ3) is 21.0. The molecular formula is C28H57NO7P+. The molecule has 0 radical (unpaired) electrons. The molecule has 0 aliphatic carbocycles. The van der Waals surface area contributed by atoms with Crippen LogP contribution in [0.3, 0.4) is 0 Å². The minimum Gasteiger partial charge on any atom is -0.388 e. The van der Waals surface area contributed by atoms with Gasteiger partial charge in [-0.2, -0.15) is 0 Å². The van der Waals surface area contributed by atoms with Crippen molar-refractivity contribution in [2.75, 3.05) is 40.5 Å². The topological polar surface area (TPSA) is 116 Å². The molecule has 9 heteroatoms. The van der Waals surface area contributed by atoms with E-state index in [0.29, 0.717) is 13.2 Å². The van der Waals surface area contributed by atoms with E-state index >= 15 is 0 Å². The Hall–Kier alpha value is -0.570. The number of nitrogens with zero attached hydrogens (tertiary/aromatic N) is 1. The Kier molecular flexibility index (Phi) is 21.9. The quantitative estimate of drug-likeness (QED) is 0.0390. The van der Waals surface area contributed by atoms with Crippen molar-refractivity contribution in [3.63, 3.8) is 0 Å². The van der Waals surface area contributed by atoms with Crippen molar-refractivity contribution < 1.29 is 38.5 Å². The van der Waals surface area contributed by atoms with Crippen molar-refractivity contribution in [3.05, 3.63) is 24.3 Å². The Labute approximate surface area is 226 Å². The van der Waals surface area contributed by atoms with Crippen molar-refractivity contribution >= 4 is 7.60 Å². The molecule has 4 N–H and O–H groups in total. The second kappa shape index (κ2) is 22.3. The van der Waals surface area contributed by atoms with E-state index in [2.05, 4.69) is 31.2 Å². The van der Waals surface area contributed by atoms with Crippen LogP contribution in [0.4, 0.5) is 0 Å². The lowest BCUT2D eigenvalue weighted by molar-refractivity contribution is -0.901. The number of allylic oxidation sites excluding steroid dienone is 4. The Balaban J connectivity index is 3.76. The number of hydrogen-bond acceptors (Lipinski definition) is 6. The van der Waals surface area contributed by atoms with Gasteiger partial charge in [0.15, 0.2) is 12.1 Å². The van der Waals surface area contributed by atoms with Crippen LogP contribution in [0.25, 0.3) is 0 Å². The van der Waals surface area contributed by atoms with E-state index in [1.54, 1.807) is 21.0 Å². The largest absolute Gasteiger partial charge is 0.388 e. The minimum atomic E-state index is -4.01. The number of ether oxygens (including phenoxy) is 1. The van der Waals surface area contributed by atoms with Gasteiger partial charge in [0.2, 0.25) is 0 Å². The summed E-state index contributed by atoms with van der Waals surface area (Å²) in [6.45, 7) is 4.40. The number of hydrogen-bond donors (Lipinski definition) is 4. The average molecular weight is 551 g/mol. The summed E-state index contributed by atoms with van der Waals surface area (Å²) < 4.78 is 23.3. The van der Waals surface area contributed by atoms with E-state index in [1.807, 2.05) is 0 Å². The first kappa shape index (κ1) is 36.4. The smallest absolute Gasteiger partial charge is 0.384 e. The van der Waals surface area contributed by atoms with E-state index in [-0.39, 0.29) is 24.1 Å². The highest BCUT2D eigenvalue weighted by molar-refractivity contribution is 7.53. The zero-order valence-electron chi connectivity index (χ0n) is 24.0. The summed E-state index contributed by atoms with van der Waals surface area (Å²) >= 11 is 0. The van der Waals surface area contributed by atoms with Gasteiger partial charge in [0, 0.05) is 13.0 Å². The van der Waals surface area contributed by atoms with Crippen LogP contribution in [0.5, 0.6) is 0 Å². The number of rotatable bonds is 25. The second-order valence-electron chi connectivity index (χ2n) is 10.6. The fraction of sp³-hybridized carbons (Fsp3) is 0.857. The Bertz CT molecular complexity index is 640. The normalized spacial score (nSPS) is 16.1. The fourth-order valence-electron chi connectivity index (χ4n) is 3.75. The van der Waals surface area contributed by atoms with E-state index in [9.17, 15) is 14.6 Å². The van der Waals surface area contributed by atoms with Gasteiger partial charge in [0.05, 0.1) is 33.9 Å². The molecular weight excluding hydrogens is 493 g/mol. The summed E-state index contributed by atoms with van der Waals surface area (Å²) in [7, 11) is -0.563. The van der Waals surface area contributed by atoms with Gasteiger partial charge in [-0.3, -0.25) is 4.57 Å². The fourth-order valence-corrected chi connectivity index (χ4v) is 5.26. The minimum absolute atomic E-state index is 0.0480. The van der Waals surface area contributed by atoms with Crippen LogP contribution >= 0.6 is 7.60 Å². The molecule has 220 valence electrons. The average Bonchev–Trinajstić information content (AvgIpc) is 2.85. The van der Waals surface area contributed by atoms with Gasteiger partial charge >= 0.3 is 7.60 Å². The molecule has 0 bridgehead atoms. The lowest BCUT2D eigenvalue weighted by Crippen LogP contribution is -2.48. The first-order chi connectivity index (χ1) is 17.5. The molecule has 3 atom stereocenters. The van der Waals surface area contributed by atoms with Crippen LogP contribution < -0.4 is 0 Å². The zero-order valence-corrected chi connectivity index (χ0v) is 24.9. The second-order valence-corrected chi connectivity index (χ2v) is 12.7. The van der Waals surface area contributed by atoms with Crippen LogP contribution in [-0.2, 0) is 13.8 Å². The third-order valence-corrected chi connectivity index (χ3v) is 8.76. The van der Waals surface area contributed by atoms with Crippen LogP contribution in [-0.4, -0.2) is 83.3 Å². The molecule has 0 rings (SSSR count). The van der Waals surface area contributed by atoms with Crippen LogP contribution in [0.15, 0.2) is 24.3 Å². The predicted octanol–water partition coefficient (Wildman–Crippen LogP) is 5.50. The highest BCUT2D eigenvalue weighted by Crippen LogP contribution is 2.50. The van der Waals surface area contributed by atoms with Crippen molar-refractivity contribution in [1.29, 1.82) is 0 Å². The van der Waals surface area contributed by atoms with Crippen molar-refractivity contribution in [2.45, 2.75) is 115 Å². The molecule has 37 heavy (non-hydrogen) atoms. The van der Waals surface area contributed by atoms with Crippen LogP contribution in [0.2, 0.25) is 0 Å². The van der Waals surface area contributed by atoms with Gasteiger partial charge in [-0.05, 0) is 64.7 Å². The Morgan fingerprint density at radius 3 is 1.84 bits per heavy atom. The lowest BCUT2D eigenvalue weighted by Gasteiger charge is -2.37. The highest BCUT2D eigenvalue weighted by atomic mass is 31.2. The number of unbranched alkanes of at least 4 members (excludes halogenated alkanes) is 9. The molecule has 0 aromatic carbocycles. The lowest BCUT2D eigenvalue weighted by atomic mass is 10.1. The molecule has 0 spiro atoms. The van der Waals surface area contributed by atoms with Gasteiger partial charge in [-0.15, -0.1) is 0 Å². The summed E-state index contributed by atoms with van der Waals surface area (Å²) in [6, 6.07) is 0. The Morgan fingerprint density at radius 2 is 1.32 bits per heavy atom. The van der Waals surface area contributed by atoms with Gasteiger partial charge < -0.3 is 34.0 Å².